The summed E-state index contributed by atoms with van der Waals surface area (Å²) in [5.41, 5.74) is 0. The van der Waals surface area contributed by atoms with E-state index in [9.17, 15) is 8.78 Å². The maximum Gasteiger partial charge on any atom is 0.265 e. The van der Waals surface area contributed by atoms with Gasteiger partial charge in [-0.3, -0.25) is 0 Å². The number of halogens is 3. The number of rotatable bonds is 4. The van der Waals surface area contributed by atoms with Gasteiger partial charge < -0.3 is 10.4 Å². The van der Waals surface area contributed by atoms with Gasteiger partial charge in [-0.25, -0.2) is 18.7 Å². The summed E-state index contributed by atoms with van der Waals surface area (Å²) in [5.74, 6) is 0.356. The van der Waals surface area contributed by atoms with Crippen molar-refractivity contribution in [1.29, 1.82) is 0 Å². The molecule has 0 aliphatic heterocycles. The molecular formula is C10H10ClF2N3OS. The maximum absolute atomic E-state index is 12.2. The fraction of sp³-hybridized carbons (Fsp3) is 0.400. The molecule has 2 aromatic heterocycles. The van der Waals surface area contributed by atoms with Gasteiger partial charge in [-0.2, -0.15) is 0 Å². The SMILES string of the molecule is Cc1cc2c(NCC(O)C(F)F)nc(Cl)nc2s1. The summed E-state index contributed by atoms with van der Waals surface area (Å²) in [7, 11) is 0. The Labute approximate surface area is 111 Å². The Bertz CT molecular complexity index is 563. The predicted octanol–water partition coefficient (Wildman–Crippen LogP) is 2.69. The van der Waals surface area contributed by atoms with Crippen LogP contribution in [-0.4, -0.2) is 34.1 Å². The van der Waals surface area contributed by atoms with Crippen molar-refractivity contribution in [2.45, 2.75) is 19.5 Å². The molecule has 0 spiro atoms. The number of nitrogens with zero attached hydrogens (tertiary/aromatic N) is 2. The zero-order valence-corrected chi connectivity index (χ0v) is 10.9. The van der Waals surface area contributed by atoms with Crippen LogP contribution in [0.4, 0.5) is 14.6 Å². The molecule has 0 amide bonds. The molecule has 0 saturated heterocycles. The van der Waals surface area contributed by atoms with Gasteiger partial charge in [-0.15, -0.1) is 11.3 Å². The van der Waals surface area contributed by atoms with Gasteiger partial charge in [0.1, 0.15) is 16.8 Å². The lowest BCUT2D eigenvalue weighted by molar-refractivity contribution is 0.00382. The Balaban J connectivity index is 2.26. The number of nitrogens with one attached hydrogen (secondary N) is 1. The molecule has 0 aliphatic carbocycles. The molecule has 0 bridgehead atoms. The van der Waals surface area contributed by atoms with Crippen LogP contribution < -0.4 is 5.32 Å². The monoisotopic (exact) mass is 293 g/mol. The van der Waals surface area contributed by atoms with Crippen molar-refractivity contribution in [2.75, 3.05) is 11.9 Å². The Kier molecular flexibility index (Phi) is 3.94. The van der Waals surface area contributed by atoms with Crippen LogP contribution >= 0.6 is 22.9 Å². The average Bonchev–Trinajstić information content (AvgIpc) is 2.65. The van der Waals surface area contributed by atoms with Crippen LogP contribution in [0, 0.1) is 6.92 Å². The van der Waals surface area contributed by atoms with Crippen molar-refractivity contribution >= 4 is 39.0 Å². The van der Waals surface area contributed by atoms with Gasteiger partial charge in [0.25, 0.3) is 6.43 Å². The fourth-order valence-electron chi connectivity index (χ4n) is 1.44. The van der Waals surface area contributed by atoms with Gasteiger partial charge in [0, 0.05) is 11.4 Å². The van der Waals surface area contributed by atoms with Crippen molar-refractivity contribution in [3.8, 4) is 0 Å². The quantitative estimate of drug-likeness (QED) is 0.851. The summed E-state index contributed by atoms with van der Waals surface area (Å²) in [6.07, 6.45) is -4.54. The molecule has 0 aromatic carbocycles. The lowest BCUT2D eigenvalue weighted by atomic mass is 10.3. The van der Waals surface area contributed by atoms with Crippen LogP contribution in [0.3, 0.4) is 0 Å². The minimum Gasteiger partial charge on any atom is -0.385 e. The molecule has 2 heterocycles. The van der Waals surface area contributed by atoms with Gasteiger partial charge in [-0.1, -0.05) is 0 Å². The zero-order valence-electron chi connectivity index (χ0n) is 9.32. The third kappa shape index (κ3) is 2.85. The third-order valence-electron chi connectivity index (χ3n) is 2.26. The number of thiophene rings is 1. The van der Waals surface area contributed by atoms with E-state index in [2.05, 4.69) is 15.3 Å². The highest BCUT2D eigenvalue weighted by Gasteiger charge is 2.17. The molecule has 0 fully saturated rings. The highest BCUT2D eigenvalue weighted by atomic mass is 35.5. The lowest BCUT2D eigenvalue weighted by Gasteiger charge is -2.11. The summed E-state index contributed by atoms with van der Waals surface area (Å²) in [4.78, 5) is 9.68. The molecule has 98 valence electrons. The first kappa shape index (κ1) is 13.4. The number of alkyl halides is 2. The van der Waals surface area contributed by atoms with E-state index in [0.717, 1.165) is 4.88 Å². The summed E-state index contributed by atoms with van der Waals surface area (Å²) >= 11 is 7.18. The zero-order chi connectivity index (χ0) is 13.3. The van der Waals surface area contributed by atoms with Gasteiger partial charge in [0.2, 0.25) is 5.28 Å². The number of fused-ring (bicyclic) bond motifs is 1. The maximum atomic E-state index is 12.2. The van der Waals surface area contributed by atoms with E-state index in [0.29, 0.717) is 16.0 Å². The summed E-state index contributed by atoms with van der Waals surface area (Å²) in [6, 6.07) is 1.84. The lowest BCUT2D eigenvalue weighted by Crippen LogP contribution is -2.27. The van der Waals surface area contributed by atoms with E-state index in [-0.39, 0.29) is 11.8 Å². The number of aromatic nitrogens is 2. The fourth-order valence-corrected chi connectivity index (χ4v) is 2.54. The van der Waals surface area contributed by atoms with Crippen molar-refractivity contribution < 1.29 is 13.9 Å². The van der Waals surface area contributed by atoms with Crippen LogP contribution in [0.2, 0.25) is 5.28 Å². The minimum atomic E-state index is -2.80. The topological polar surface area (TPSA) is 58.0 Å². The predicted molar refractivity (Wildman–Crippen MR) is 67.7 cm³/mol. The van der Waals surface area contributed by atoms with Crippen molar-refractivity contribution in [2.24, 2.45) is 0 Å². The molecule has 0 aliphatic rings. The number of hydrogen-bond acceptors (Lipinski definition) is 5. The number of aliphatic hydroxyl groups excluding tert-OH is 1. The standard InChI is InChI=1S/C10H10ClF2N3OS/c1-4-2-5-8(14-3-6(17)7(12)13)15-10(11)16-9(5)18-4/h2,6-7,17H,3H2,1H3,(H,14,15,16). The van der Waals surface area contributed by atoms with Crippen molar-refractivity contribution in [3.63, 3.8) is 0 Å². The number of anilines is 1. The molecule has 4 nitrogen and oxygen atoms in total. The summed E-state index contributed by atoms with van der Waals surface area (Å²) in [6.45, 7) is 1.60. The van der Waals surface area contributed by atoms with Gasteiger partial charge in [-0.05, 0) is 24.6 Å². The van der Waals surface area contributed by atoms with E-state index in [1.54, 1.807) is 0 Å². The molecule has 1 unspecified atom stereocenters. The second-order valence-corrected chi connectivity index (χ2v) is 5.27. The largest absolute Gasteiger partial charge is 0.385 e. The second-order valence-electron chi connectivity index (χ2n) is 3.70. The molecule has 0 radical (unpaired) electrons. The van der Waals surface area contributed by atoms with Crippen LogP contribution in [0.25, 0.3) is 10.2 Å². The molecule has 1 atom stereocenters. The van der Waals surface area contributed by atoms with Crippen molar-refractivity contribution in [3.05, 3.63) is 16.2 Å². The smallest absolute Gasteiger partial charge is 0.265 e. The van der Waals surface area contributed by atoms with E-state index in [1.807, 2.05) is 13.0 Å². The molecule has 2 rings (SSSR count). The average molecular weight is 294 g/mol. The van der Waals surface area contributed by atoms with E-state index in [4.69, 9.17) is 16.7 Å². The molecule has 8 heteroatoms. The summed E-state index contributed by atoms with van der Waals surface area (Å²) in [5, 5.41) is 12.5. The van der Waals surface area contributed by atoms with Crippen LogP contribution in [0.1, 0.15) is 4.88 Å². The number of aryl methyl sites for hydroxylation is 1. The van der Waals surface area contributed by atoms with Crippen molar-refractivity contribution in [1.82, 2.24) is 9.97 Å². The molecule has 18 heavy (non-hydrogen) atoms. The molecule has 2 N–H and O–H groups in total. The van der Waals surface area contributed by atoms with E-state index < -0.39 is 12.5 Å². The third-order valence-corrected chi connectivity index (χ3v) is 3.37. The Morgan fingerprint density at radius 2 is 2.22 bits per heavy atom. The molecule has 2 aromatic rings. The number of hydrogen-bond donors (Lipinski definition) is 2. The second kappa shape index (κ2) is 5.29. The van der Waals surface area contributed by atoms with Gasteiger partial charge >= 0.3 is 0 Å². The first-order valence-corrected chi connectivity index (χ1v) is 6.30. The van der Waals surface area contributed by atoms with Gasteiger partial charge in [0.15, 0.2) is 0 Å². The molecule has 0 saturated carbocycles. The minimum absolute atomic E-state index is 0.0402. The van der Waals surface area contributed by atoms with Crippen LogP contribution in [0.5, 0.6) is 0 Å². The first-order chi connectivity index (χ1) is 8.47. The normalized spacial score (nSPS) is 13.2. The van der Waals surface area contributed by atoms with Crippen LogP contribution in [-0.2, 0) is 0 Å². The highest BCUT2D eigenvalue weighted by molar-refractivity contribution is 7.18. The summed E-state index contributed by atoms with van der Waals surface area (Å²) < 4.78 is 24.4. The highest BCUT2D eigenvalue weighted by Crippen LogP contribution is 2.29. The van der Waals surface area contributed by atoms with E-state index in [1.165, 1.54) is 11.3 Å². The number of aliphatic hydroxyl groups is 1. The van der Waals surface area contributed by atoms with Gasteiger partial charge in [0.05, 0.1) is 5.39 Å². The first-order valence-electron chi connectivity index (χ1n) is 5.11. The Morgan fingerprint density at radius 3 is 2.89 bits per heavy atom. The van der Waals surface area contributed by atoms with E-state index >= 15 is 0 Å². The Morgan fingerprint density at radius 1 is 1.50 bits per heavy atom. The Hall–Kier alpha value is -1.05. The van der Waals surface area contributed by atoms with Crippen LogP contribution in [0.15, 0.2) is 6.07 Å². The molecular weight excluding hydrogens is 284 g/mol.